The van der Waals surface area contributed by atoms with Gasteiger partial charge < -0.3 is 25.3 Å². The van der Waals surface area contributed by atoms with Crippen LogP contribution in [0.4, 0.5) is 11.4 Å². The van der Waals surface area contributed by atoms with Gasteiger partial charge in [-0.3, -0.25) is 14.9 Å². The van der Waals surface area contributed by atoms with Crippen LogP contribution in [0.5, 0.6) is 5.75 Å². The predicted molar refractivity (Wildman–Crippen MR) is 126 cm³/mol. The third kappa shape index (κ3) is 5.12. The third-order valence-corrected chi connectivity index (χ3v) is 5.57. The molecule has 10 heteroatoms. The number of aromatic amines is 1. The summed E-state index contributed by atoms with van der Waals surface area (Å²) in [6.45, 7) is 3.05. The highest BCUT2D eigenvalue weighted by molar-refractivity contribution is 5.85. The van der Waals surface area contributed by atoms with E-state index in [1.54, 1.807) is 17.0 Å². The first-order valence-corrected chi connectivity index (χ1v) is 10.2. The van der Waals surface area contributed by atoms with Crippen molar-refractivity contribution in [3.05, 3.63) is 64.3 Å². The van der Waals surface area contributed by atoms with E-state index in [1.165, 1.54) is 12.1 Å². The number of hydrogen-bond donors (Lipinski definition) is 2. The third-order valence-electron chi connectivity index (χ3n) is 5.57. The number of benzene rings is 2. The molecule has 9 nitrogen and oxygen atoms in total. The molecule has 0 bridgehead atoms. The molecular formula is C22H26ClN5O4. The number of piperazine rings is 1. The highest BCUT2D eigenvalue weighted by atomic mass is 35.5. The van der Waals surface area contributed by atoms with Gasteiger partial charge in [0, 0.05) is 61.1 Å². The van der Waals surface area contributed by atoms with E-state index in [0.29, 0.717) is 38.5 Å². The summed E-state index contributed by atoms with van der Waals surface area (Å²) in [7, 11) is 0. The Balaban J connectivity index is 0.00000289. The molecule has 0 saturated carbocycles. The number of hydrogen-bond acceptors (Lipinski definition) is 6. The van der Waals surface area contributed by atoms with Crippen LogP contribution in [0.3, 0.4) is 0 Å². The Morgan fingerprint density at radius 2 is 1.84 bits per heavy atom. The van der Waals surface area contributed by atoms with E-state index in [-0.39, 0.29) is 30.6 Å². The number of H-pyrrole nitrogens is 1. The van der Waals surface area contributed by atoms with Crippen molar-refractivity contribution in [3.63, 3.8) is 0 Å². The van der Waals surface area contributed by atoms with Gasteiger partial charge in [0.25, 0.3) is 11.6 Å². The van der Waals surface area contributed by atoms with Crippen molar-refractivity contribution in [1.82, 2.24) is 9.88 Å². The van der Waals surface area contributed by atoms with Gasteiger partial charge in [0.15, 0.2) is 6.61 Å². The molecule has 2 aromatic carbocycles. The standard InChI is InChI=1S/C22H25N5O4.ClH/c23-8-7-16-14-24-21-6-5-19(13-20(16)21)31-15-22(28)26-11-9-25(10-12-26)17-1-3-18(4-2-17)27(29)30;/h1-6,13-14,24H,7-12,15,23H2;1H. The Labute approximate surface area is 191 Å². The molecule has 1 amide bonds. The van der Waals surface area contributed by atoms with Gasteiger partial charge in [-0.2, -0.15) is 0 Å². The molecule has 170 valence electrons. The maximum atomic E-state index is 12.6. The number of nitrogens with one attached hydrogen (secondary N) is 1. The van der Waals surface area contributed by atoms with Crippen LogP contribution in [0, 0.1) is 10.1 Å². The minimum absolute atomic E-state index is 0. The van der Waals surface area contributed by atoms with Crippen LogP contribution in [0.2, 0.25) is 0 Å². The Morgan fingerprint density at radius 3 is 2.50 bits per heavy atom. The van der Waals surface area contributed by atoms with Crippen molar-refractivity contribution in [2.24, 2.45) is 5.73 Å². The van der Waals surface area contributed by atoms with E-state index in [9.17, 15) is 14.9 Å². The minimum Gasteiger partial charge on any atom is -0.484 e. The minimum atomic E-state index is -0.410. The number of ether oxygens (including phenoxy) is 1. The first kappa shape index (κ1) is 23.4. The van der Waals surface area contributed by atoms with Crippen molar-refractivity contribution < 1.29 is 14.5 Å². The summed E-state index contributed by atoms with van der Waals surface area (Å²) in [6.07, 6.45) is 2.73. The van der Waals surface area contributed by atoms with Gasteiger partial charge in [0.05, 0.1) is 4.92 Å². The van der Waals surface area contributed by atoms with Gasteiger partial charge in [-0.25, -0.2) is 0 Å². The normalized spacial score (nSPS) is 13.7. The van der Waals surface area contributed by atoms with E-state index in [0.717, 1.165) is 28.6 Å². The van der Waals surface area contributed by atoms with Crippen LogP contribution in [-0.2, 0) is 11.2 Å². The fourth-order valence-corrected chi connectivity index (χ4v) is 3.85. The first-order valence-electron chi connectivity index (χ1n) is 10.2. The SMILES string of the molecule is Cl.NCCc1c[nH]c2ccc(OCC(=O)N3CCN(c4ccc([N+](=O)[O-])cc4)CC3)cc12. The smallest absolute Gasteiger partial charge is 0.269 e. The van der Waals surface area contributed by atoms with Crippen LogP contribution in [-0.4, -0.2) is 60.0 Å². The number of anilines is 1. The molecule has 1 aliphatic heterocycles. The Bertz CT molecular complexity index is 1080. The highest BCUT2D eigenvalue weighted by Gasteiger charge is 2.22. The molecule has 0 atom stereocenters. The number of nitro benzene ring substituents is 1. The van der Waals surface area contributed by atoms with Crippen molar-refractivity contribution in [2.45, 2.75) is 6.42 Å². The zero-order chi connectivity index (χ0) is 21.8. The van der Waals surface area contributed by atoms with Crippen molar-refractivity contribution in [1.29, 1.82) is 0 Å². The number of halogens is 1. The molecule has 0 aliphatic carbocycles. The van der Waals surface area contributed by atoms with Gasteiger partial charge in [0.1, 0.15) is 5.75 Å². The molecule has 4 rings (SSSR count). The lowest BCUT2D eigenvalue weighted by molar-refractivity contribution is -0.384. The van der Waals surface area contributed by atoms with Gasteiger partial charge in [-0.15, -0.1) is 12.4 Å². The number of nitrogens with zero attached hydrogens (tertiary/aromatic N) is 3. The number of rotatable bonds is 7. The summed E-state index contributed by atoms with van der Waals surface area (Å²) in [6, 6.07) is 12.2. The molecule has 1 aromatic heterocycles. The molecule has 1 aliphatic rings. The topological polar surface area (TPSA) is 118 Å². The molecule has 2 heterocycles. The van der Waals surface area contributed by atoms with Crippen molar-refractivity contribution >= 4 is 40.6 Å². The summed E-state index contributed by atoms with van der Waals surface area (Å²) < 4.78 is 5.76. The van der Waals surface area contributed by atoms with E-state index in [2.05, 4.69) is 9.88 Å². The fraction of sp³-hybridized carbons (Fsp3) is 0.318. The maximum Gasteiger partial charge on any atom is 0.269 e. The lowest BCUT2D eigenvalue weighted by Crippen LogP contribution is -2.50. The Hall–Kier alpha value is -3.30. The molecule has 0 radical (unpaired) electrons. The fourth-order valence-electron chi connectivity index (χ4n) is 3.85. The molecule has 3 aromatic rings. The van der Waals surface area contributed by atoms with E-state index in [4.69, 9.17) is 10.5 Å². The molecule has 3 N–H and O–H groups in total. The lowest BCUT2D eigenvalue weighted by atomic mass is 10.1. The molecule has 0 spiro atoms. The van der Waals surface area contributed by atoms with Crippen LogP contribution in [0.1, 0.15) is 5.56 Å². The van der Waals surface area contributed by atoms with E-state index >= 15 is 0 Å². The number of fused-ring (bicyclic) bond motifs is 1. The zero-order valence-corrected chi connectivity index (χ0v) is 18.3. The summed E-state index contributed by atoms with van der Waals surface area (Å²) in [5.74, 6) is 0.600. The summed E-state index contributed by atoms with van der Waals surface area (Å²) in [5, 5.41) is 11.9. The molecule has 32 heavy (non-hydrogen) atoms. The number of carbonyl (C=O) groups excluding carboxylic acids is 1. The number of nitro groups is 1. The Kier molecular flexibility index (Phi) is 7.55. The average Bonchev–Trinajstić information content (AvgIpc) is 3.20. The van der Waals surface area contributed by atoms with Crippen molar-refractivity contribution in [2.75, 3.05) is 44.2 Å². The quantitative estimate of drug-likeness (QED) is 0.414. The number of carbonyl (C=O) groups is 1. The monoisotopic (exact) mass is 459 g/mol. The molecule has 1 fully saturated rings. The molecule has 1 saturated heterocycles. The average molecular weight is 460 g/mol. The zero-order valence-electron chi connectivity index (χ0n) is 17.5. The van der Waals surface area contributed by atoms with Crippen molar-refractivity contribution in [3.8, 4) is 5.75 Å². The second-order valence-corrected chi connectivity index (χ2v) is 7.49. The summed E-state index contributed by atoms with van der Waals surface area (Å²) >= 11 is 0. The van der Waals surface area contributed by atoms with Crippen LogP contribution >= 0.6 is 12.4 Å². The predicted octanol–water partition coefficient (Wildman–Crippen LogP) is 2.73. The van der Waals surface area contributed by atoms with E-state index < -0.39 is 4.92 Å². The number of amides is 1. The second kappa shape index (κ2) is 10.3. The molecule has 0 unspecified atom stereocenters. The van der Waals surface area contributed by atoms with Crippen LogP contribution < -0.4 is 15.4 Å². The summed E-state index contributed by atoms with van der Waals surface area (Å²) in [5.41, 5.74) is 8.81. The van der Waals surface area contributed by atoms with Gasteiger partial charge in [-0.05, 0) is 48.9 Å². The number of aromatic nitrogens is 1. The lowest BCUT2D eigenvalue weighted by Gasteiger charge is -2.36. The van der Waals surface area contributed by atoms with Gasteiger partial charge >= 0.3 is 0 Å². The highest BCUT2D eigenvalue weighted by Crippen LogP contribution is 2.24. The van der Waals surface area contributed by atoms with Crippen LogP contribution in [0.15, 0.2) is 48.7 Å². The molecular weight excluding hydrogens is 434 g/mol. The number of nitrogens with two attached hydrogens (primary N) is 1. The number of non-ortho nitro benzene ring substituents is 1. The van der Waals surface area contributed by atoms with Gasteiger partial charge in [-0.1, -0.05) is 0 Å². The van der Waals surface area contributed by atoms with E-state index in [1.807, 2.05) is 24.4 Å². The largest absolute Gasteiger partial charge is 0.484 e. The van der Waals surface area contributed by atoms with Crippen LogP contribution in [0.25, 0.3) is 10.9 Å². The first-order chi connectivity index (χ1) is 15.0. The maximum absolute atomic E-state index is 12.6. The van der Waals surface area contributed by atoms with Gasteiger partial charge in [0.2, 0.25) is 0 Å². The summed E-state index contributed by atoms with van der Waals surface area (Å²) in [4.78, 5) is 30.1. The Morgan fingerprint density at radius 1 is 1.12 bits per heavy atom. The second-order valence-electron chi connectivity index (χ2n) is 7.49.